The number of nitrogens with one attached hydrogen (secondary N) is 1. The number of carboxylic acid groups (broad SMARTS) is 1. The zero-order chi connectivity index (χ0) is 10.4. The third kappa shape index (κ3) is 3.77. The molecule has 0 heterocycles. The van der Waals surface area contributed by atoms with E-state index in [-0.39, 0.29) is 6.54 Å². The Morgan fingerprint density at radius 3 is 2.79 bits per heavy atom. The number of halogens is 1. The van der Waals surface area contributed by atoms with Gasteiger partial charge in [0, 0.05) is 5.02 Å². The van der Waals surface area contributed by atoms with E-state index in [1.165, 1.54) is 0 Å². The quantitative estimate of drug-likeness (QED) is 0.730. The summed E-state index contributed by atoms with van der Waals surface area (Å²) in [4.78, 5) is 10.2. The minimum Gasteiger partial charge on any atom is -0.480 e. The van der Waals surface area contributed by atoms with Crippen LogP contribution >= 0.6 is 11.6 Å². The van der Waals surface area contributed by atoms with Gasteiger partial charge >= 0.3 is 5.97 Å². The van der Waals surface area contributed by atoms with Crippen LogP contribution in [0.15, 0.2) is 24.3 Å². The number of benzene rings is 1. The fraction of sp³-hybridized carbons (Fsp3) is 0.300. The molecule has 0 aliphatic rings. The predicted octanol–water partition coefficient (Wildman–Crippen LogP) is 1.56. The second-order valence-corrected chi connectivity index (χ2v) is 3.32. The predicted molar refractivity (Wildman–Crippen MR) is 55.7 cm³/mol. The van der Waals surface area contributed by atoms with E-state index in [4.69, 9.17) is 16.7 Å². The highest BCUT2D eigenvalue weighted by Crippen LogP contribution is 2.14. The Bertz CT molecular complexity index is 315. The third-order valence-electron chi connectivity index (χ3n) is 1.81. The van der Waals surface area contributed by atoms with Gasteiger partial charge in [-0.1, -0.05) is 29.8 Å². The molecule has 0 unspecified atom stereocenters. The molecule has 76 valence electrons. The maximum absolute atomic E-state index is 10.2. The summed E-state index contributed by atoms with van der Waals surface area (Å²) in [5.41, 5.74) is 1.03. The summed E-state index contributed by atoms with van der Waals surface area (Å²) < 4.78 is 0. The van der Waals surface area contributed by atoms with Crippen molar-refractivity contribution < 1.29 is 9.90 Å². The summed E-state index contributed by atoms with van der Waals surface area (Å²) >= 11 is 5.92. The molecule has 2 N–H and O–H groups in total. The van der Waals surface area contributed by atoms with Crippen molar-refractivity contribution in [2.75, 3.05) is 13.1 Å². The monoisotopic (exact) mass is 213 g/mol. The molecule has 3 nitrogen and oxygen atoms in total. The standard InChI is InChI=1S/C10H12ClNO2/c11-9-4-2-1-3-8(9)5-6-12-7-10(13)14/h1-4,12H,5-7H2,(H,13,14). The molecule has 1 rings (SSSR count). The highest BCUT2D eigenvalue weighted by atomic mass is 35.5. The number of aliphatic carboxylic acids is 1. The van der Waals surface area contributed by atoms with Crippen molar-refractivity contribution in [3.05, 3.63) is 34.9 Å². The molecule has 4 heteroatoms. The molecule has 0 aliphatic heterocycles. The minimum atomic E-state index is -0.843. The van der Waals surface area contributed by atoms with Crippen LogP contribution in [0.4, 0.5) is 0 Å². The molecular formula is C10H12ClNO2. The average Bonchev–Trinajstić information content (AvgIpc) is 2.15. The van der Waals surface area contributed by atoms with E-state index in [9.17, 15) is 4.79 Å². The normalized spacial score (nSPS) is 10.1. The lowest BCUT2D eigenvalue weighted by molar-refractivity contribution is -0.135. The first kappa shape index (κ1) is 11.0. The van der Waals surface area contributed by atoms with Gasteiger partial charge in [-0.25, -0.2) is 0 Å². The van der Waals surface area contributed by atoms with Gasteiger partial charge in [0.05, 0.1) is 6.54 Å². The summed E-state index contributed by atoms with van der Waals surface area (Å²) in [5.74, 6) is -0.843. The number of rotatable bonds is 5. The first-order valence-electron chi connectivity index (χ1n) is 4.36. The van der Waals surface area contributed by atoms with Crippen LogP contribution in [0.2, 0.25) is 5.02 Å². The molecule has 0 radical (unpaired) electrons. The van der Waals surface area contributed by atoms with Crippen LogP contribution in [0.5, 0.6) is 0 Å². The molecule has 0 saturated carbocycles. The van der Waals surface area contributed by atoms with Crippen LogP contribution in [-0.2, 0) is 11.2 Å². The lowest BCUT2D eigenvalue weighted by atomic mass is 10.1. The number of carboxylic acids is 1. The lowest BCUT2D eigenvalue weighted by Gasteiger charge is -2.03. The van der Waals surface area contributed by atoms with Crippen LogP contribution < -0.4 is 5.32 Å². The zero-order valence-electron chi connectivity index (χ0n) is 7.66. The van der Waals surface area contributed by atoms with Crippen LogP contribution in [0.3, 0.4) is 0 Å². The maximum Gasteiger partial charge on any atom is 0.317 e. The summed E-state index contributed by atoms with van der Waals surface area (Å²) in [5, 5.41) is 11.9. The highest BCUT2D eigenvalue weighted by Gasteiger charge is 1.99. The van der Waals surface area contributed by atoms with Crippen LogP contribution in [-0.4, -0.2) is 24.2 Å². The topological polar surface area (TPSA) is 49.3 Å². The molecule has 0 saturated heterocycles. The Hall–Kier alpha value is -1.06. The molecule has 0 bridgehead atoms. The number of hydrogen-bond acceptors (Lipinski definition) is 2. The van der Waals surface area contributed by atoms with Gasteiger partial charge in [0.2, 0.25) is 0 Å². The van der Waals surface area contributed by atoms with Gasteiger partial charge in [0.1, 0.15) is 0 Å². The maximum atomic E-state index is 10.2. The van der Waals surface area contributed by atoms with E-state index in [2.05, 4.69) is 5.32 Å². The van der Waals surface area contributed by atoms with Gasteiger partial charge in [-0.05, 0) is 24.6 Å². The molecule has 14 heavy (non-hydrogen) atoms. The fourth-order valence-electron chi connectivity index (χ4n) is 1.12. The van der Waals surface area contributed by atoms with Crippen molar-refractivity contribution in [2.24, 2.45) is 0 Å². The molecule has 0 atom stereocenters. The summed E-state index contributed by atoms with van der Waals surface area (Å²) in [6, 6.07) is 7.55. The van der Waals surface area contributed by atoms with Crippen molar-refractivity contribution in [3.63, 3.8) is 0 Å². The van der Waals surface area contributed by atoms with Gasteiger partial charge < -0.3 is 10.4 Å². The van der Waals surface area contributed by atoms with E-state index < -0.39 is 5.97 Å². The number of hydrogen-bond donors (Lipinski definition) is 2. The molecule has 0 spiro atoms. The molecule has 1 aromatic rings. The van der Waals surface area contributed by atoms with Gasteiger partial charge in [-0.3, -0.25) is 4.79 Å². The van der Waals surface area contributed by atoms with Crippen molar-refractivity contribution in [1.82, 2.24) is 5.32 Å². The zero-order valence-corrected chi connectivity index (χ0v) is 8.42. The van der Waals surface area contributed by atoms with Crippen molar-refractivity contribution in [3.8, 4) is 0 Å². The van der Waals surface area contributed by atoms with E-state index >= 15 is 0 Å². The van der Waals surface area contributed by atoms with E-state index in [0.717, 1.165) is 17.0 Å². The second kappa shape index (κ2) is 5.62. The Labute approximate surface area is 87.7 Å². The summed E-state index contributed by atoms with van der Waals surface area (Å²) in [6.07, 6.45) is 0.743. The Morgan fingerprint density at radius 2 is 2.14 bits per heavy atom. The summed E-state index contributed by atoms with van der Waals surface area (Å²) in [7, 11) is 0. The first-order valence-corrected chi connectivity index (χ1v) is 4.74. The Kier molecular flexibility index (Phi) is 4.43. The molecule has 1 aromatic carbocycles. The first-order chi connectivity index (χ1) is 6.70. The Morgan fingerprint density at radius 1 is 1.43 bits per heavy atom. The van der Waals surface area contributed by atoms with E-state index in [1.807, 2.05) is 24.3 Å². The van der Waals surface area contributed by atoms with E-state index in [1.54, 1.807) is 0 Å². The molecule has 0 amide bonds. The minimum absolute atomic E-state index is 0.00947. The second-order valence-electron chi connectivity index (χ2n) is 2.91. The highest BCUT2D eigenvalue weighted by molar-refractivity contribution is 6.31. The molecule has 0 aliphatic carbocycles. The fourth-order valence-corrected chi connectivity index (χ4v) is 1.35. The molecular weight excluding hydrogens is 202 g/mol. The number of carbonyl (C=O) groups is 1. The smallest absolute Gasteiger partial charge is 0.317 e. The largest absolute Gasteiger partial charge is 0.480 e. The lowest BCUT2D eigenvalue weighted by Crippen LogP contribution is -2.24. The summed E-state index contributed by atoms with van der Waals surface area (Å²) in [6.45, 7) is 0.612. The van der Waals surface area contributed by atoms with Crippen LogP contribution in [0.1, 0.15) is 5.56 Å². The van der Waals surface area contributed by atoms with Crippen molar-refractivity contribution >= 4 is 17.6 Å². The van der Waals surface area contributed by atoms with Gasteiger partial charge in [-0.2, -0.15) is 0 Å². The van der Waals surface area contributed by atoms with Gasteiger partial charge in [-0.15, -0.1) is 0 Å². The Balaban J connectivity index is 2.31. The van der Waals surface area contributed by atoms with E-state index in [0.29, 0.717) is 6.54 Å². The average molecular weight is 214 g/mol. The van der Waals surface area contributed by atoms with Gasteiger partial charge in [0.25, 0.3) is 0 Å². The third-order valence-corrected chi connectivity index (χ3v) is 2.17. The molecule has 0 aromatic heterocycles. The molecule has 0 fully saturated rings. The van der Waals surface area contributed by atoms with Crippen LogP contribution in [0.25, 0.3) is 0 Å². The van der Waals surface area contributed by atoms with Crippen LogP contribution in [0, 0.1) is 0 Å². The SMILES string of the molecule is O=C(O)CNCCc1ccccc1Cl. The van der Waals surface area contributed by atoms with Crippen molar-refractivity contribution in [2.45, 2.75) is 6.42 Å². The van der Waals surface area contributed by atoms with Gasteiger partial charge in [0.15, 0.2) is 0 Å². The van der Waals surface area contributed by atoms with Crippen molar-refractivity contribution in [1.29, 1.82) is 0 Å².